The van der Waals surface area contributed by atoms with Crippen molar-refractivity contribution in [3.8, 4) is 0 Å². The van der Waals surface area contributed by atoms with E-state index in [4.69, 9.17) is 9.47 Å². The highest BCUT2D eigenvalue weighted by Crippen LogP contribution is 2.23. The highest BCUT2D eigenvalue weighted by molar-refractivity contribution is 5.53. The van der Waals surface area contributed by atoms with Crippen molar-refractivity contribution in [2.75, 3.05) is 45.4 Å². The normalized spacial score (nSPS) is 14.4. The van der Waals surface area contributed by atoms with Crippen LogP contribution in [0.25, 0.3) is 0 Å². The molecule has 1 N–H and O–H groups in total. The van der Waals surface area contributed by atoms with Gasteiger partial charge in [-0.05, 0) is 30.9 Å². The fourth-order valence-corrected chi connectivity index (χ4v) is 2.46. The number of ether oxygens (including phenoxy) is 2. The number of benzene rings is 1. The topological polar surface area (TPSA) is 33.7 Å². The molecule has 1 aromatic rings. The Morgan fingerprint density at radius 3 is 2.57 bits per heavy atom. The van der Waals surface area contributed by atoms with Gasteiger partial charge in [0.1, 0.15) is 0 Å². The molecule has 1 fully saturated rings. The summed E-state index contributed by atoms with van der Waals surface area (Å²) >= 11 is 0. The van der Waals surface area contributed by atoms with Crippen LogP contribution in [0.3, 0.4) is 0 Å². The Bertz CT molecular complexity index is 408. The Labute approximate surface area is 128 Å². The molecule has 1 aromatic carbocycles. The molecule has 2 rings (SSSR count). The van der Waals surface area contributed by atoms with Gasteiger partial charge >= 0.3 is 0 Å². The fraction of sp³-hybridized carbons (Fsp3) is 0.647. The maximum absolute atomic E-state index is 5.26. The molecule has 0 spiro atoms. The van der Waals surface area contributed by atoms with Crippen LogP contribution in [-0.2, 0) is 16.0 Å². The van der Waals surface area contributed by atoms with Gasteiger partial charge in [0.05, 0.1) is 6.61 Å². The summed E-state index contributed by atoms with van der Waals surface area (Å²) in [5.74, 6) is 0. The summed E-state index contributed by atoms with van der Waals surface area (Å²) in [5, 5.41) is 3.61. The zero-order chi connectivity index (χ0) is 14.9. The zero-order valence-electron chi connectivity index (χ0n) is 13.3. The molecule has 0 aromatic heterocycles. The van der Waals surface area contributed by atoms with Gasteiger partial charge in [0.25, 0.3) is 0 Å². The van der Waals surface area contributed by atoms with E-state index in [1.165, 1.54) is 24.1 Å². The molecule has 0 heterocycles. The molecule has 0 aliphatic heterocycles. The van der Waals surface area contributed by atoms with Crippen molar-refractivity contribution in [3.63, 3.8) is 0 Å². The summed E-state index contributed by atoms with van der Waals surface area (Å²) in [6, 6.07) is 9.41. The lowest BCUT2D eigenvalue weighted by Gasteiger charge is -2.27. The third-order valence-electron chi connectivity index (χ3n) is 3.83. The number of para-hydroxylation sites is 1. The average molecular weight is 292 g/mol. The third-order valence-corrected chi connectivity index (χ3v) is 3.83. The Balaban J connectivity index is 2.00. The lowest BCUT2D eigenvalue weighted by atomic mass is 10.1. The SMILES string of the molecule is COCCCN(CCOC)c1ccccc1CNC1CC1. The molecule has 0 atom stereocenters. The predicted octanol–water partition coefficient (Wildman–Crippen LogP) is 2.43. The largest absolute Gasteiger partial charge is 0.385 e. The van der Waals surface area contributed by atoms with Crippen LogP contribution in [-0.4, -0.2) is 46.6 Å². The summed E-state index contributed by atoms with van der Waals surface area (Å²) in [4.78, 5) is 2.41. The molecule has 0 radical (unpaired) electrons. The van der Waals surface area contributed by atoms with Crippen LogP contribution in [0.15, 0.2) is 24.3 Å². The van der Waals surface area contributed by atoms with Crippen molar-refractivity contribution in [1.29, 1.82) is 0 Å². The van der Waals surface area contributed by atoms with E-state index >= 15 is 0 Å². The Hall–Kier alpha value is -1.10. The van der Waals surface area contributed by atoms with E-state index in [2.05, 4.69) is 34.5 Å². The summed E-state index contributed by atoms with van der Waals surface area (Å²) in [6.07, 6.45) is 3.68. The van der Waals surface area contributed by atoms with Crippen molar-refractivity contribution in [2.24, 2.45) is 0 Å². The second kappa shape index (κ2) is 9.03. The van der Waals surface area contributed by atoms with E-state index in [9.17, 15) is 0 Å². The number of anilines is 1. The fourth-order valence-electron chi connectivity index (χ4n) is 2.46. The van der Waals surface area contributed by atoms with Crippen LogP contribution in [0.1, 0.15) is 24.8 Å². The van der Waals surface area contributed by atoms with Crippen LogP contribution in [0, 0.1) is 0 Å². The van der Waals surface area contributed by atoms with Gasteiger partial charge in [-0.2, -0.15) is 0 Å². The molecule has 21 heavy (non-hydrogen) atoms. The Kier molecular flexibility index (Phi) is 7.00. The van der Waals surface area contributed by atoms with Crippen molar-refractivity contribution in [2.45, 2.75) is 31.8 Å². The number of methoxy groups -OCH3 is 2. The zero-order valence-corrected chi connectivity index (χ0v) is 13.3. The maximum Gasteiger partial charge on any atom is 0.0637 e. The second-order valence-electron chi connectivity index (χ2n) is 5.61. The molecular weight excluding hydrogens is 264 g/mol. The summed E-state index contributed by atoms with van der Waals surface area (Å²) in [7, 11) is 3.51. The lowest BCUT2D eigenvalue weighted by Crippen LogP contribution is -2.30. The van der Waals surface area contributed by atoms with Crippen molar-refractivity contribution >= 4 is 5.69 Å². The van der Waals surface area contributed by atoms with Gasteiger partial charge in [-0.25, -0.2) is 0 Å². The van der Waals surface area contributed by atoms with Gasteiger partial charge in [-0.15, -0.1) is 0 Å². The number of hydrogen-bond donors (Lipinski definition) is 1. The number of nitrogens with zero attached hydrogens (tertiary/aromatic N) is 1. The van der Waals surface area contributed by atoms with Gasteiger partial charge in [-0.3, -0.25) is 0 Å². The minimum Gasteiger partial charge on any atom is -0.385 e. The van der Waals surface area contributed by atoms with E-state index in [1.807, 2.05) is 0 Å². The quantitative estimate of drug-likeness (QED) is 0.635. The second-order valence-corrected chi connectivity index (χ2v) is 5.61. The molecule has 0 unspecified atom stereocenters. The van der Waals surface area contributed by atoms with Gasteiger partial charge in [-0.1, -0.05) is 18.2 Å². The van der Waals surface area contributed by atoms with E-state index in [1.54, 1.807) is 14.2 Å². The molecule has 1 aliphatic rings. The lowest BCUT2D eigenvalue weighted by molar-refractivity contribution is 0.191. The highest BCUT2D eigenvalue weighted by atomic mass is 16.5. The maximum atomic E-state index is 5.26. The molecular formula is C17H28N2O2. The molecule has 0 bridgehead atoms. The molecule has 1 saturated carbocycles. The van der Waals surface area contributed by atoms with E-state index < -0.39 is 0 Å². The Morgan fingerprint density at radius 1 is 1.10 bits per heavy atom. The van der Waals surface area contributed by atoms with Crippen molar-refractivity contribution < 1.29 is 9.47 Å². The smallest absolute Gasteiger partial charge is 0.0637 e. The summed E-state index contributed by atoms with van der Waals surface area (Å²) in [6.45, 7) is 4.41. The van der Waals surface area contributed by atoms with E-state index in [0.717, 1.165) is 45.3 Å². The van der Waals surface area contributed by atoms with Crippen molar-refractivity contribution in [1.82, 2.24) is 5.32 Å². The predicted molar refractivity (Wildman–Crippen MR) is 86.9 cm³/mol. The minimum absolute atomic E-state index is 0.735. The van der Waals surface area contributed by atoms with E-state index in [0.29, 0.717) is 0 Å². The molecule has 4 nitrogen and oxygen atoms in total. The first-order valence-electron chi connectivity index (χ1n) is 7.89. The van der Waals surface area contributed by atoms with Crippen LogP contribution < -0.4 is 10.2 Å². The molecule has 118 valence electrons. The summed E-state index contributed by atoms with van der Waals surface area (Å²) in [5.41, 5.74) is 2.69. The monoisotopic (exact) mass is 292 g/mol. The molecule has 0 saturated heterocycles. The van der Waals surface area contributed by atoms with Crippen LogP contribution in [0.4, 0.5) is 5.69 Å². The first kappa shape index (κ1) is 16.3. The van der Waals surface area contributed by atoms with Crippen LogP contribution >= 0.6 is 0 Å². The van der Waals surface area contributed by atoms with Gasteiger partial charge in [0, 0.05) is 52.2 Å². The summed E-state index contributed by atoms with van der Waals surface area (Å²) < 4.78 is 10.4. The first-order chi connectivity index (χ1) is 10.3. The molecule has 1 aliphatic carbocycles. The Morgan fingerprint density at radius 2 is 1.86 bits per heavy atom. The number of nitrogens with one attached hydrogen (secondary N) is 1. The van der Waals surface area contributed by atoms with Gasteiger partial charge in [0.15, 0.2) is 0 Å². The first-order valence-corrected chi connectivity index (χ1v) is 7.89. The number of rotatable bonds is 11. The number of hydrogen-bond acceptors (Lipinski definition) is 4. The van der Waals surface area contributed by atoms with Crippen LogP contribution in [0.5, 0.6) is 0 Å². The van der Waals surface area contributed by atoms with Gasteiger partial charge in [0.2, 0.25) is 0 Å². The van der Waals surface area contributed by atoms with E-state index in [-0.39, 0.29) is 0 Å². The van der Waals surface area contributed by atoms with Crippen molar-refractivity contribution in [3.05, 3.63) is 29.8 Å². The van der Waals surface area contributed by atoms with Gasteiger partial charge < -0.3 is 19.7 Å². The third kappa shape index (κ3) is 5.65. The molecule has 0 amide bonds. The average Bonchev–Trinajstić information content (AvgIpc) is 3.33. The highest BCUT2D eigenvalue weighted by Gasteiger charge is 2.21. The molecule has 4 heteroatoms. The van der Waals surface area contributed by atoms with Crippen LogP contribution in [0.2, 0.25) is 0 Å². The standard InChI is InChI=1S/C17H28N2O2/c1-20-12-5-10-19(11-13-21-2)17-7-4-3-6-15(17)14-18-16-8-9-16/h3-4,6-7,16,18H,5,8-14H2,1-2H3. The minimum atomic E-state index is 0.735.